The van der Waals surface area contributed by atoms with Crippen molar-refractivity contribution in [2.24, 2.45) is 0 Å². The fourth-order valence-electron chi connectivity index (χ4n) is 2.81. The first-order valence-corrected chi connectivity index (χ1v) is 8.54. The normalized spacial score (nSPS) is 16.0. The molecule has 0 bridgehead atoms. The number of nitrogens with one attached hydrogen (secondary N) is 1. The molecule has 1 unspecified atom stereocenters. The van der Waals surface area contributed by atoms with Crippen LogP contribution in [0.4, 0.5) is 5.69 Å². The van der Waals surface area contributed by atoms with Crippen molar-refractivity contribution in [1.29, 1.82) is 0 Å². The van der Waals surface area contributed by atoms with Gasteiger partial charge in [-0.1, -0.05) is 18.5 Å². The summed E-state index contributed by atoms with van der Waals surface area (Å²) in [5, 5.41) is 22.5. The van der Waals surface area contributed by atoms with Gasteiger partial charge in [0.2, 0.25) is 0 Å². The van der Waals surface area contributed by atoms with Crippen LogP contribution in [0.15, 0.2) is 35.1 Å². The third kappa shape index (κ3) is 2.44. The standard InChI is InChI=1S/C16H13BrClN5O/c1-8-5-20-12-3-11(18)14(24)4-13(12)23-15(8)21-22-16(23)9-2-10(17)7-19-6-9/h2-4,6-8,20,24H,5H2,1H3. The predicted molar refractivity (Wildman–Crippen MR) is 95.9 cm³/mol. The molecule has 0 fully saturated rings. The molecule has 1 aliphatic rings. The molecule has 24 heavy (non-hydrogen) atoms. The molecule has 0 spiro atoms. The van der Waals surface area contributed by atoms with Gasteiger partial charge >= 0.3 is 0 Å². The van der Waals surface area contributed by atoms with E-state index < -0.39 is 0 Å². The van der Waals surface area contributed by atoms with Crippen molar-refractivity contribution in [3.8, 4) is 22.8 Å². The van der Waals surface area contributed by atoms with Gasteiger partial charge in [-0.3, -0.25) is 9.55 Å². The van der Waals surface area contributed by atoms with E-state index in [1.54, 1.807) is 24.5 Å². The Hall–Kier alpha value is -2.12. The molecule has 0 saturated carbocycles. The number of nitrogens with zero attached hydrogens (tertiary/aromatic N) is 4. The Morgan fingerprint density at radius 3 is 2.92 bits per heavy atom. The van der Waals surface area contributed by atoms with Crippen LogP contribution >= 0.6 is 27.5 Å². The Bertz CT molecular complexity index is 942. The third-order valence-electron chi connectivity index (χ3n) is 4.00. The van der Waals surface area contributed by atoms with E-state index in [1.165, 1.54) is 0 Å². The number of hydrogen-bond acceptors (Lipinski definition) is 5. The van der Waals surface area contributed by atoms with Gasteiger partial charge in [0.15, 0.2) is 5.82 Å². The monoisotopic (exact) mass is 405 g/mol. The highest BCUT2D eigenvalue weighted by Gasteiger charge is 2.26. The molecule has 0 amide bonds. The smallest absolute Gasteiger partial charge is 0.170 e. The van der Waals surface area contributed by atoms with Crippen LogP contribution in [0.5, 0.6) is 5.75 Å². The predicted octanol–water partition coefficient (Wildman–Crippen LogP) is 3.98. The van der Waals surface area contributed by atoms with E-state index >= 15 is 0 Å². The number of phenolic OH excluding ortho intramolecular Hbond substituents is 1. The molecule has 2 aromatic heterocycles. The van der Waals surface area contributed by atoms with Crippen molar-refractivity contribution in [3.63, 3.8) is 0 Å². The van der Waals surface area contributed by atoms with Gasteiger partial charge < -0.3 is 10.4 Å². The first-order valence-electron chi connectivity index (χ1n) is 7.37. The maximum absolute atomic E-state index is 10.1. The molecule has 0 radical (unpaired) electrons. The zero-order valence-corrected chi connectivity index (χ0v) is 15.0. The van der Waals surface area contributed by atoms with Crippen LogP contribution in [0.2, 0.25) is 5.02 Å². The second-order valence-electron chi connectivity index (χ2n) is 5.71. The minimum atomic E-state index is 0.0183. The van der Waals surface area contributed by atoms with Gasteiger partial charge in [0.25, 0.3) is 0 Å². The second-order valence-corrected chi connectivity index (χ2v) is 7.03. The number of rotatable bonds is 1. The zero-order valence-electron chi connectivity index (χ0n) is 12.7. The maximum atomic E-state index is 10.1. The van der Waals surface area contributed by atoms with E-state index in [0.717, 1.165) is 27.2 Å². The number of fused-ring (bicyclic) bond motifs is 3. The van der Waals surface area contributed by atoms with Gasteiger partial charge in [0, 0.05) is 41.0 Å². The number of hydrogen-bond donors (Lipinski definition) is 2. The zero-order chi connectivity index (χ0) is 16.8. The van der Waals surface area contributed by atoms with Crippen LogP contribution < -0.4 is 5.32 Å². The lowest BCUT2D eigenvalue weighted by Gasteiger charge is -2.13. The second kappa shape index (κ2) is 5.75. The number of halogens is 2. The van der Waals surface area contributed by atoms with Crippen LogP contribution in [0.25, 0.3) is 17.1 Å². The van der Waals surface area contributed by atoms with Gasteiger partial charge in [0.05, 0.1) is 16.4 Å². The Balaban J connectivity index is 2.01. The molecule has 4 rings (SSSR count). The molecular weight excluding hydrogens is 394 g/mol. The minimum Gasteiger partial charge on any atom is -0.506 e. The fraction of sp³-hybridized carbons (Fsp3) is 0.188. The van der Waals surface area contributed by atoms with Crippen molar-refractivity contribution >= 4 is 33.2 Å². The fourth-order valence-corrected chi connectivity index (χ4v) is 3.33. The molecule has 2 N–H and O–H groups in total. The van der Waals surface area contributed by atoms with Gasteiger partial charge in [-0.15, -0.1) is 10.2 Å². The lowest BCUT2D eigenvalue weighted by atomic mass is 10.1. The summed E-state index contributed by atoms with van der Waals surface area (Å²) in [5.74, 6) is 1.64. The highest BCUT2D eigenvalue weighted by Crippen LogP contribution is 2.38. The largest absolute Gasteiger partial charge is 0.506 e. The summed E-state index contributed by atoms with van der Waals surface area (Å²) < 4.78 is 2.80. The third-order valence-corrected chi connectivity index (χ3v) is 4.73. The molecule has 1 aromatic carbocycles. The van der Waals surface area contributed by atoms with E-state index in [-0.39, 0.29) is 11.7 Å². The number of anilines is 1. The van der Waals surface area contributed by atoms with Gasteiger partial charge in [0.1, 0.15) is 11.6 Å². The Kier molecular flexibility index (Phi) is 3.69. The molecular formula is C16H13BrClN5O. The summed E-state index contributed by atoms with van der Waals surface area (Å²) >= 11 is 9.50. The van der Waals surface area contributed by atoms with Crippen LogP contribution in [-0.2, 0) is 0 Å². The maximum Gasteiger partial charge on any atom is 0.170 e. The van der Waals surface area contributed by atoms with E-state index in [4.69, 9.17) is 11.6 Å². The van der Waals surface area contributed by atoms with E-state index in [1.807, 2.05) is 10.6 Å². The van der Waals surface area contributed by atoms with E-state index in [2.05, 4.69) is 43.4 Å². The highest BCUT2D eigenvalue weighted by molar-refractivity contribution is 9.10. The summed E-state index contributed by atoms with van der Waals surface area (Å²) in [6, 6.07) is 5.28. The number of aromatic hydroxyl groups is 1. The quantitative estimate of drug-likeness (QED) is 0.598. The molecule has 0 saturated heterocycles. The lowest BCUT2D eigenvalue weighted by molar-refractivity contribution is 0.475. The average molecular weight is 407 g/mol. The van der Waals surface area contributed by atoms with E-state index in [0.29, 0.717) is 17.4 Å². The van der Waals surface area contributed by atoms with Gasteiger partial charge in [-0.2, -0.15) is 0 Å². The summed E-state index contributed by atoms with van der Waals surface area (Å²) in [5.41, 5.74) is 2.42. The van der Waals surface area contributed by atoms with Crippen molar-refractivity contribution in [3.05, 3.63) is 45.9 Å². The molecule has 8 heteroatoms. The molecule has 0 aliphatic carbocycles. The summed E-state index contributed by atoms with van der Waals surface area (Å²) in [6.07, 6.45) is 3.45. The molecule has 6 nitrogen and oxygen atoms in total. The number of pyridine rings is 1. The Morgan fingerprint density at radius 2 is 2.12 bits per heavy atom. The number of phenols is 1. The van der Waals surface area contributed by atoms with Crippen LogP contribution in [0, 0.1) is 0 Å². The number of benzene rings is 1. The first-order chi connectivity index (χ1) is 11.5. The molecule has 1 aliphatic heterocycles. The topological polar surface area (TPSA) is 75.9 Å². The van der Waals surface area contributed by atoms with Crippen LogP contribution in [-0.4, -0.2) is 31.4 Å². The molecule has 3 heterocycles. The lowest BCUT2D eigenvalue weighted by Crippen LogP contribution is -2.09. The number of aromatic nitrogens is 4. The first kappa shape index (κ1) is 15.4. The summed E-state index contributed by atoms with van der Waals surface area (Å²) in [4.78, 5) is 4.21. The Morgan fingerprint density at radius 1 is 1.29 bits per heavy atom. The highest BCUT2D eigenvalue weighted by atomic mass is 79.9. The molecule has 1 atom stereocenters. The molecule has 3 aromatic rings. The van der Waals surface area contributed by atoms with Crippen molar-refractivity contribution in [2.45, 2.75) is 12.8 Å². The molecule has 122 valence electrons. The van der Waals surface area contributed by atoms with Crippen molar-refractivity contribution in [1.82, 2.24) is 19.7 Å². The van der Waals surface area contributed by atoms with Crippen LogP contribution in [0.3, 0.4) is 0 Å². The van der Waals surface area contributed by atoms with Crippen molar-refractivity contribution in [2.75, 3.05) is 11.9 Å². The van der Waals surface area contributed by atoms with Gasteiger partial charge in [-0.05, 0) is 28.1 Å². The summed E-state index contributed by atoms with van der Waals surface area (Å²) in [7, 11) is 0. The van der Waals surface area contributed by atoms with Crippen LogP contribution in [0.1, 0.15) is 18.7 Å². The van der Waals surface area contributed by atoms with Gasteiger partial charge in [-0.25, -0.2) is 0 Å². The summed E-state index contributed by atoms with van der Waals surface area (Å²) in [6.45, 7) is 2.77. The van der Waals surface area contributed by atoms with E-state index in [9.17, 15) is 5.11 Å². The van der Waals surface area contributed by atoms with Crippen molar-refractivity contribution < 1.29 is 5.11 Å². The average Bonchev–Trinajstić information content (AvgIpc) is 2.95. The Labute approximate surface area is 151 Å². The minimum absolute atomic E-state index is 0.0183. The SMILES string of the molecule is CC1CNc2cc(Cl)c(O)cc2-n2c(-c3cncc(Br)c3)nnc21.